The Bertz CT molecular complexity index is 325. The van der Waals surface area contributed by atoms with E-state index in [0.717, 1.165) is 0 Å². The molecule has 1 atom stereocenters. The zero-order chi connectivity index (χ0) is 12.8. The first kappa shape index (κ1) is 13.7. The van der Waals surface area contributed by atoms with Gasteiger partial charge in [-0.25, -0.2) is 0 Å². The van der Waals surface area contributed by atoms with E-state index in [0.29, 0.717) is 5.92 Å². The third kappa shape index (κ3) is 3.63. The molecule has 1 nitrogen and oxygen atoms in total. The van der Waals surface area contributed by atoms with Crippen molar-refractivity contribution >= 4 is 0 Å². The van der Waals surface area contributed by atoms with Crippen molar-refractivity contribution in [1.82, 2.24) is 5.32 Å². The molecule has 2 aliphatic rings. The van der Waals surface area contributed by atoms with E-state index in [1.54, 1.807) is 5.57 Å². The van der Waals surface area contributed by atoms with Crippen LogP contribution in [0.3, 0.4) is 0 Å². The van der Waals surface area contributed by atoms with Crippen molar-refractivity contribution in [2.75, 3.05) is 0 Å². The van der Waals surface area contributed by atoms with Gasteiger partial charge in [0.2, 0.25) is 0 Å². The van der Waals surface area contributed by atoms with Crippen LogP contribution in [-0.2, 0) is 0 Å². The molecule has 0 amide bonds. The molecular formula is C17H28N. The van der Waals surface area contributed by atoms with Gasteiger partial charge in [0.1, 0.15) is 0 Å². The first-order valence-corrected chi connectivity index (χ1v) is 7.96. The van der Waals surface area contributed by atoms with E-state index in [4.69, 9.17) is 5.32 Å². The van der Waals surface area contributed by atoms with Crippen molar-refractivity contribution in [2.45, 2.75) is 78.1 Å². The first-order chi connectivity index (χ1) is 8.81. The summed E-state index contributed by atoms with van der Waals surface area (Å²) in [7, 11) is 0. The molecule has 18 heavy (non-hydrogen) atoms. The van der Waals surface area contributed by atoms with Crippen LogP contribution in [-0.4, -0.2) is 0 Å². The highest BCUT2D eigenvalue weighted by molar-refractivity contribution is 5.38. The van der Waals surface area contributed by atoms with E-state index in [9.17, 15) is 0 Å². The Kier molecular flexibility index (Phi) is 5.34. The lowest BCUT2D eigenvalue weighted by atomic mass is 9.96. The molecule has 1 unspecified atom stereocenters. The third-order valence-corrected chi connectivity index (χ3v) is 4.31. The standard InChI is InChI=1S/C17H28N/c1-3-4-5-6-7-10-14(2)17-13-15-11-8-9-12-16(15)18-17/h13-14H,3-12H2,1-2H3. The van der Waals surface area contributed by atoms with Crippen LogP contribution in [0, 0.1) is 5.92 Å². The Morgan fingerprint density at radius 1 is 1.11 bits per heavy atom. The van der Waals surface area contributed by atoms with Gasteiger partial charge in [-0.05, 0) is 49.7 Å². The molecule has 0 saturated carbocycles. The van der Waals surface area contributed by atoms with E-state index in [-0.39, 0.29) is 0 Å². The lowest BCUT2D eigenvalue weighted by Gasteiger charge is -2.14. The molecule has 0 aromatic rings. The molecule has 0 aromatic carbocycles. The fourth-order valence-electron chi connectivity index (χ4n) is 3.02. The molecule has 0 aromatic heterocycles. The second-order valence-corrected chi connectivity index (χ2v) is 5.96. The van der Waals surface area contributed by atoms with Gasteiger partial charge in [0.05, 0.1) is 0 Å². The predicted molar refractivity (Wildman–Crippen MR) is 78.3 cm³/mol. The van der Waals surface area contributed by atoms with Crippen LogP contribution in [0.15, 0.2) is 23.0 Å². The maximum absolute atomic E-state index is 4.87. The summed E-state index contributed by atoms with van der Waals surface area (Å²) in [5.74, 6) is 0.664. The van der Waals surface area contributed by atoms with Crippen LogP contribution in [0.4, 0.5) is 0 Å². The largest absolute Gasteiger partial charge is 0.257 e. The number of hydrogen-bond donors (Lipinski definition) is 0. The molecule has 101 valence electrons. The number of rotatable bonds is 7. The molecule has 1 radical (unpaired) electrons. The van der Waals surface area contributed by atoms with E-state index < -0.39 is 0 Å². The summed E-state index contributed by atoms with van der Waals surface area (Å²) in [6.45, 7) is 4.63. The van der Waals surface area contributed by atoms with Crippen molar-refractivity contribution in [2.24, 2.45) is 5.92 Å². The van der Waals surface area contributed by atoms with E-state index >= 15 is 0 Å². The smallest absolute Gasteiger partial charge is 0.0439 e. The molecule has 1 aliphatic heterocycles. The van der Waals surface area contributed by atoms with Crippen LogP contribution >= 0.6 is 0 Å². The third-order valence-electron chi connectivity index (χ3n) is 4.31. The topological polar surface area (TPSA) is 14.1 Å². The number of hydrogen-bond acceptors (Lipinski definition) is 0. The predicted octanol–water partition coefficient (Wildman–Crippen LogP) is 5.31. The molecule has 0 spiro atoms. The molecule has 0 N–H and O–H groups in total. The summed E-state index contributed by atoms with van der Waals surface area (Å²) in [4.78, 5) is 0. The summed E-state index contributed by atoms with van der Waals surface area (Å²) in [6.07, 6.45) is 15.8. The minimum Gasteiger partial charge on any atom is -0.257 e. The SMILES string of the molecule is CCCCCCCC(C)C1=CC2=C(CCCC2)[N]1. The Balaban J connectivity index is 1.69. The average molecular weight is 246 g/mol. The number of allylic oxidation sites excluding steroid dienone is 4. The van der Waals surface area contributed by atoms with Crippen molar-refractivity contribution < 1.29 is 0 Å². The van der Waals surface area contributed by atoms with Crippen LogP contribution in [0.2, 0.25) is 0 Å². The summed E-state index contributed by atoms with van der Waals surface area (Å²) >= 11 is 0. The summed E-state index contributed by atoms with van der Waals surface area (Å²) in [5.41, 5.74) is 4.33. The van der Waals surface area contributed by atoms with E-state index in [2.05, 4.69) is 19.9 Å². The van der Waals surface area contributed by atoms with Gasteiger partial charge in [0, 0.05) is 11.4 Å². The van der Waals surface area contributed by atoms with Crippen LogP contribution in [0.25, 0.3) is 0 Å². The molecule has 1 heterocycles. The summed E-state index contributed by atoms with van der Waals surface area (Å²) < 4.78 is 0. The molecule has 1 aliphatic carbocycles. The molecule has 0 fully saturated rings. The fraction of sp³-hybridized carbons (Fsp3) is 0.765. The molecule has 0 saturated heterocycles. The van der Waals surface area contributed by atoms with Crippen molar-refractivity contribution in [1.29, 1.82) is 0 Å². The van der Waals surface area contributed by atoms with Gasteiger partial charge in [0.15, 0.2) is 0 Å². The van der Waals surface area contributed by atoms with Gasteiger partial charge >= 0.3 is 0 Å². The average Bonchev–Trinajstić information content (AvgIpc) is 2.82. The minimum absolute atomic E-state index is 0.664. The number of nitrogens with zero attached hydrogens (tertiary/aromatic N) is 1. The van der Waals surface area contributed by atoms with Crippen molar-refractivity contribution in [3.05, 3.63) is 23.0 Å². The highest BCUT2D eigenvalue weighted by Crippen LogP contribution is 2.34. The quantitative estimate of drug-likeness (QED) is 0.540. The Labute approximate surface area is 113 Å². The maximum Gasteiger partial charge on any atom is 0.0439 e. The highest BCUT2D eigenvalue weighted by Gasteiger charge is 2.22. The highest BCUT2D eigenvalue weighted by atomic mass is 14.9. The van der Waals surface area contributed by atoms with Gasteiger partial charge < -0.3 is 0 Å². The summed E-state index contributed by atoms with van der Waals surface area (Å²) in [6, 6.07) is 0. The maximum atomic E-state index is 4.87. The number of unbranched alkanes of at least 4 members (excludes halogenated alkanes) is 4. The van der Waals surface area contributed by atoms with Gasteiger partial charge in [-0.15, -0.1) is 0 Å². The van der Waals surface area contributed by atoms with Crippen molar-refractivity contribution in [3.63, 3.8) is 0 Å². The first-order valence-electron chi connectivity index (χ1n) is 7.96. The van der Waals surface area contributed by atoms with Gasteiger partial charge in [-0.2, -0.15) is 0 Å². The Hall–Kier alpha value is -0.720. The molecule has 2 rings (SSSR count). The van der Waals surface area contributed by atoms with Gasteiger partial charge in [0.25, 0.3) is 0 Å². The van der Waals surface area contributed by atoms with Crippen LogP contribution < -0.4 is 5.32 Å². The Morgan fingerprint density at radius 2 is 1.89 bits per heavy atom. The molecule has 0 bridgehead atoms. The zero-order valence-electron chi connectivity index (χ0n) is 12.2. The molecular weight excluding hydrogens is 218 g/mol. The minimum atomic E-state index is 0.664. The second kappa shape index (κ2) is 7.01. The summed E-state index contributed by atoms with van der Waals surface area (Å²) in [5, 5.41) is 4.87. The second-order valence-electron chi connectivity index (χ2n) is 5.96. The Morgan fingerprint density at radius 3 is 2.67 bits per heavy atom. The monoisotopic (exact) mass is 246 g/mol. The fourth-order valence-corrected chi connectivity index (χ4v) is 3.02. The van der Waals surface area contributed by atoms with E-state index in [1.165, 1.54) is 75.6 Å². The van der Waals surface area contributed by atoms with Gasteiger partial charge in [-0.1, -0.05) is 46.0 Å². The zero-order valence-corrected chi connectivity index (χ0v) is 12.2. The van der Waals surface area contributed by atoms with Crippen LogP contribution in [0.5, 0.6) is 0 Å². The van der Waals surface area contributed by atoms with Crippen LogP contribution in [0.1, 0.15) is 78.1 Å². The lowest BCUT2D eigenvalue weighted by Crippen LogP contribution is -2.09. The van der Waals surface area contributed by atoms with E-state index in [1.807, 2.05) is 0 Å². The lowest BCUT2D eigenvalue weighted by molar-refractivity contribution is 0.516. The van der Waals surface area contributed by atoms with Gasteiger partial charge in [-0.3, -0.25) is 5.32 Å². The van der Waals surface area contributed by atoms with Crippen molar-refractivity contribution in [3.8, 4) is 0 Å². The molecule has 1 heteroatoms. The normalized spacial score (nSPS) is 20.4.